The van der Waals surface area contributed by atoms with Gasteiger partial charge in [-0.05, 0) is 55.7 Å². The predicted octanol–water partition coefficient (Wildman–Crippen LogP) is 1.95. The maximum atomic E-state index is 13.2. The van der Waals surface area contributed by atoms with Gasteiger partial charge in [-0.1, -0.05) is 29.8 Å². The maximum absolute atomic E-state index is 13.2. The van der Waals surface area contributed by atoms with Gasteiger partial charge in [0, 0.05) is 58.1 Å². The fourth-order valence-electron chi connectivity index (χ4n) is 5.48. The van der Waals surface area contributed by atoms with Crippen molar-refractivity contribution < 1.29 is 27.9 Å². The molecule has 44 heavy (non-hydrogen) atoms. The lowest BCUT2D eigenvalue weighted by Crippen LogP contribution is -2.51. The minimum absolute atomic E-state index is 0.0498. The molecule has 2 atom stereocenters. The highest BCUT2D eigenvalue weighted by Gasteiger charge is 2.40. The normalized spacial score (nSPS) is 18.6. The van der Waals surface area contributed by atoms with Gasteiger partial charge in [0.15, 0.2) is 0 Å². The fourth-order valence-corrected chi connectivity index (χ4v) is 7.14. The Kier molecular flexibility index (Phi) is 10.1. The van der Waals surface area contributed by atoms with E-state index in [9.17, 15) is 23.1 Å². The van der Waals surface area contributed by atoms with Crippen molar-refractivity contribution >= 4 is 27.8 Å². The average Bonchev–Trinajstić information content (AvgIpc) is 3.54. The molecule has 2 aliphatic rings. The molecule has 2 N–H and O–H groups in total. The maximum Gasteiger partial charge on any atom is 0.326 e. The first-order valence-electron chi connectivity index (χ1n) is 14.8. The zero-order valence-corrected chi connectivity index (χ0v) is 25.5. The van der Waals surface area contributed by atoms with E-state index in [1.165, 1.54) is 16.4 Å². The van der Waals surface area contributed by atoms with E-state index in [2.05, 4.69) is 25.1 Å². The van der Waals surface area contributed by atoms with Crippen LogP contribution in [0.5, 0.6) is 5.75 Å². The first-order chi connectivity index (χ1) is 21.2. The Balaban J connectivity index is 1.10. The molecule has 1 aromatic heterocycles. The number of aliphatic carboxylic acids is 1. The van der Waals surface area contributed by atoms with Gasteiger partial charge in [0.2, 0.25) is 21.9 Å². The van der Waals surface area contributed by atoms with Crippen LogP contribution in [0.4, 0.5) is 5.95 Å². The number of benzene rings is 2. The van der Waals surface area contributed by atoms with Crippen LogP contribution in [0.3, 0.4) is 0 Å². The fraction of sp³-hybridized carbons (Fsp3) is 0.419. The molecular formula is C31H38N6O6S. The molecule has 0 saturated carbocycles. The largest absolute Gasteiger partial charge is 0.492 e. The van der Waals surface area contributed by atoms with Crippen molar-refractivity contribution in [3.63, 3.8) is 0 Å². The molecule has 2 fully saturated rings. The van der Waals surface area contributed by atoms with E-state index < -0.39 is 34.0 Å². The SMILES string of the molecule is Cc1ccc(S(=O)(=O)N2CCC[C@H]2C(=O)N[C@@H](Cc2ccc(OCCN3CCN(c4ncccn4)CC3)cc2)C(=O)O)cc1. The third kappa shape index (κ3) is 7.71. The van der Waals surface area contributed by atoms with Crippen LogP contribution in [0.25, 0.3) is 0 Å². The van der Waals surface area contributed by atoms with Crippen LogP contribution in [-0.2, 0) is 26.0 Å². The second kappa shape index (κ2) is 14.1. The molecule has 0 spiro atoms. The molecule has 2 aliphatic heterocycles. The Hall–Kier alpha value is -4.07. The van der Waals surface area contributed by atoms with Gasteiger partial charge >= 0.3 is 5.97 Å². The van der Waals surface area contributed by atoms with E-state index in [0.717, 1.165) is 44.2 Å². The summed E-state index contributed by atoms with van der Waals surface area (Å²) >= 11 is 0. The number of sulfonamides is 1. The predicted molar refractivity (Wildman–Crippen MR) is 164 cm³/mol. The minimum Gasteiger partial charge on any atom is -0.492 e. The van der Waals surface area contributed by atoms with Crippen LogP contribution in [-0.4, -0.2) is 103 Å². The Labute approximate surface area is 257 Å². The number of piperazine rings is 1. The molecule has 234 valence electrons. The number of aromatic nitrogens is 2. The van der Waals surface area contributed by atoms with E-state index in [4.69, 9.17) is 4.74 Å². The highest BCUT2D eigenvalue weighted by atomic mass is 32.2. The van der Waals surface area contributed by atoms with Gasteiger partial charge in [-0.15, -0.1) is 0 Å². The molecule has 2 saturated heterocycles. The lowest BCUT2D eigenvalue weighted by molar-refractivity contribution is -0.142. The number of nitrogens with zero attached hydrogens (tertiary/aromatic N) is 5. The molecule has 0 radical (unpaired) electrons. The molecule has 13 heteroatoms. The van der Waals surface area contributed by atoms with Crippen LogP contribution in [0.2, 0.25) is 0 Å². The lowest BCUT2D eigenvalue weighted by Gasteiger charge is -2.34. The summed E-state index contributed by atoms with van der Waals surface area (Å²) in [4.78, 5) is 38.5. The number of anilines is 1. The summed E-state index contributed by atoms with van der Waals surface area (Å²) < 4.78 is 33.6. The number of aryl methyl sites for hydroxylation is 1. The second-order valence-corrected chi connectivity index (χ2v) is 13.0. The van der Waals surface area contributed by atoms with Crippen molar-refractivity contribution in [1.29, 1.82) is 0 Å². The summed E-state index contributed by atoms with van der Waals surface area (Å²) in [7, 11) is -3.90. The highest BCUT2D eigenvalue weighted by molar-refractivity contribution is 7.89. The van der Waals surface area contributed by atoms with Crippen LogP contribution in [0, 0.1) is 6.92 Å². The van der Waals surface area contributed by atoms with E-state index in [0.29, 0.717) is 30.8 Å². The number of hydrogen-bond acceptors (Lipinski definition) is 9. The number of carbonyl (C=O) groups is 2. The molecule has 3 heterocycles. The minimum atomic E-state index is -3.90. The second-order valence-electron chi connectivity index (χ2n) is 11.1. The molecule has 5 rings (SSSR count). The first kappa shape index (κ1) is 31.4. The van der Waals surface area contributed by atoms with E-state index >= 15 is 0 Å². The Bertz CT molecular complexity index is 1510. The summed E-state index contributed by atoms with van der Waals surface area (Å²) in [5.74, 6) is -0.380. The third-order valence-electron chi connectivity index (χ3n) is 8.00. The summed E-state index contributed by atoms with van der Waals surface area (Å²) in [6.07, 6.45) is 4.39. The van der Waals surface area contributed by atoms with Crippen molar-refractivity contribution in [2.45, 2.75) is 43.2 Å². The molecule has 0 unspecified atom stereocenters. The quantitative estimate of drug-likeness (QED) is 0.307. The standard InChI is InChI=1S/C31H38N6O6S/c1-23-5-11-26(12-6-23)44(41,42)37-15-2-4-28(37)29(38)34-27(30(39)40)22-24-7-9-25(10-8-24)43-21-20-35-16-18-36(19-17-35)31-32-13-3-14-33-31/h3,5-14,27-28H,2,4,15-22H2,1H3,(H,34,38)(H,39,40)/t27-,28-/m0/s1. The van der Waals surface area contributed by atoms with Gasteiger partial charge in [-0.3, -0.25) is 9.69 Å². The highest BCUT2D eigenvalue weighted by Crippen LogP contribution is 2.27. The topological polar surface area (TPSA) is 145 Å². The average molecular weight is 623 g/mol. The molecule has 3 aromatic rings. The van der Waals surface area contributed by atoms with Crippen molar-refractivity contribution in [2.75, 3.05) is 50.8 Å². The van der Waals surface area contributed by atoms with Crippen LogP contribution >= 0.6 is 0 Å². The number of carboxylic acid groups (broad SMARTS) is 1. The molecule has 1 amide bonds. The number of amides is 1. The number of rotatable bonds is 12. The summed E-state index contributed by atoms with van der Waals surface area (Å²) in [6.45, 7) is 6.82. The van der Waals surface area contributed by atoms with Crippen LogP contribution in [0.15, 0.2) is 71.9 Å². The van der Waals surface area contributed by atoms with Crippen molar-refractivity contribution in [3.8, 4) is 5.75 Å². The summed E-state index contributed by atoms with van der Waals surface area (Å²) in [5, 5.41) is 12.4. The number of hydrogen-bond donors (Lipinski definition) is 2. The number of carbonyl (C=O) groups excluding carboxylic acids is 1. The Morgan fingerprint density at radius 3 is 2.34 bits per heavy atom. The Morgan fingerprint density at radius 2 is 1.68 bits per heavy atom. The number of nitrogens with one attached hydrogen (secondary N) is 1. The lowest BCUT2D eigenvalue weighted by atomic mass is 10.1. The molecule has 0 bridgehead atoms. The van der Waals surface area contributed by atoms with Crippen LogP contribution < -0.4 is 15.0 Å². The molecule has 0 aliphatic carbocycles. The van der Waals surface area contributed by atoms with Gasteiger partial charge in [0.25, 0.3) is 0 Å². The monoisotopic (exact) mass is 622 g/mol. The van der Waals surface area contributed by atoms with Gasteiger partial charge in [0.05, 0.1) is 4.90 Å². The van der Waals surface area contributed by atoms with Gasteiger partial charge in [-0.25, -0.2) is 23.2 Å². The van der Waals surface area contributed by atoms with Gasteiger partial charge in [0.1, 0.15) is 24.4 Å². The Morgan fingerprint density at radius 1 is 1.00 bits per heavy atom. The summed E-state index contributed by atoms with van der Waals surface area (Å²) in [6, 6.07) is 13.2. The number of ether oxygens (including phenoxy) is 1. The van der Waals surface area contributed by atoms with Gasteiger partial charge in [-0.2, -0.15) is 4.31 Å². The van der Waals surface area contributed by atoms with E-state index in [-0.39, 0.29) is 17.9 Å². The van der Waals surface area contributed by atoms with E-state index in [1.54, 1.807) is 54.9 Å². The first-order valence-corrected chi connectivity index (χ1v) is 16.2. The van der Waals surface area contributed by atoms with Gasteiger partial charge < -0.3 is 20.1 Å². The summed E-state index contributed by atoms with van der Waals surface area (Å²) in [5.41, 5.74) is 1.63. The molecule has 12 nitrogen and oxygen atoms in total. The van der Waals surface area contributed by atoms with E-state index in [1.807, 2.05) is 6.92 Å². The molecular weight excluding hydrogens is 584 g/mol. The van der Waals surface area contributed by atoms with Crippen molar-refractivity contribution in [2.24, 2.45) is 0 Å². The molecule has 2 aromatic carbocycles. The van der Waals surface area contributed by atoms with Crippen LogP contribution in [0.1, 0.15) is 24.0 Å². The number of carboxylic acids is 1. The smallest absolute Gasteiger partial charge is 0.326 e. The zero-order chi connectivity index (χ0) is 31.1. The zero-order valence-electron chi connectivity index (χ0n) is 24.7. The van der Waals surface area contributed by atoms with Crippen molar-refractivity contribution in [1.82, 2.24) is 24.5 Å². The third-order valence-corrected chi connectivity index (χ3v) is 9.92. The van der Waals surface area contributed by atoms with Crippen molar-refractivity contribution in [3.05, 3.63) is 78.1 Å².